The molecular formula is C5H7ClN2O4. The minimum Gasteiger partial charge on any atom is -0.240 e. The highest BCUT2D eigenvalue weighted by Gasteiger charge is 1.84. The molecular weight excluding hydrogens is 188 g/mol. The highest BCUT2D eigenvalue weighted by molar-refractivity contribution is 4.68. The number of aromatic nitrogens is 2. The molecule has 0 radical (unpaired) electrons. The van der Waals surface area contributed by atoms with Gasteiger partial charge < -0.3 is 0 Å². The van der Waals surface area contributed by atoms with Crippen LogP contribution in [0.2, 0.25) is 0 Å². The minimum atomic E-state index is -4.94. The Morgan fingerprint density at radius 2 is 1.75 bits per heavy atom. The van der Waals surface area contributed by atoms with E-state index in [-0.39, 0.29) is 0 Å². The van der Waals surface area contributed by atoms with Gasteiger partial charge in [0.15, 0.2) is 0 Å². The van der Waals surface area contributed by atoms with E-state index in [4.69, 9.17) is 18.6 Å². The Morgan fingerprint density at radius 1 is 1.25 bits per heavy atom. The molecule has 0 fully saturated rings. The second-order valence-corrected chi connectivity index (χ2v) is 2.55. The topological polar surface area (TPSA) is 109 Å². The molecule has 68 valence electrons. The van der Waals surface area contributed by atoms with Crippen LogP contribution in [0.3, 0.4) is 0 Å². The van der Waals surface area contributed by atoms with Gasteiger partial charge in [-0.1, -0.05) is 4.98 Å². The van der Waals surface area contributed by atoms with Crippen molar-refractivity contribution in [3.8, 4) is 0 Å². The Balaban J connectivity index is 0.000000217. The van der Waals surface area contributed by atoms with E-state index >= 15 is 0 Å². The summed E-state index contributed by atoms with van der Waals surface area (Å²) < 4.78 is 35.9. The van der Waals surface area contributed by atoms with Crippen molar-refractivity contribution >= 4 is 0 Å². The Labute approximate surface area is 71.1 Å². The third-order valence-corrected chi connectivity index (χ3v) is 0.742. The number of aryl methyl sites for hydroxylation is 1. The number of nitrogens with zero attached hydrogens (tertiary/aromatic N) is 2. The van der Waals surface area contributed by atoms with E-state index < -0.39 is 10.2 Å². The van der Waals surface area contributed by atoms with Crippen LogP contribution in [0.15, 0.2) is 24.8 Å². The predicted molar refractivity (Wildman–Crippen MR) is 25.4 cm³/mol. The molecule has 1 heterocycles. The Hall–Kier alpha value is -0.790. The molecule has 0 aliphatic rings. The average molecular weight is 195 g/mol. The van der Waals surface area contributed by atoms with Crippen LogP contribution in [0.25, 0.3) is 0 Å². The molecule has 0 atom stereocenters. The van der Waals surface area contributed by atoms with Crippen molar-refractivity contribution in [1.82, 2.24) is 4.98 Å². The van der Waals surface area contributed by atoms with Crippen LogP contribution in [-0.4, -0.2) is 4.98 Å². The van der Waals surface area contributed by atoms with Gasteiger partial charge >= 0.3 is 0 Å². The van der Waals surface area contributed by atoms with Gasteiger partial charge in [0.25, 0.3) is 6.33 Å². The third-order valence-electron chi connectivity index (χ3n) is 0.742. The first-order valence-corrected chi connectivity index (χ1v) is 4.00. The molecule has 0 aromatic carbocycles. The lowest BCUT2D eigenvalue weighted by atomic mass is 10.7. The largest absolute Gasteiger partial charge is 0.285 e. The second-order valence-electron chi connectivity index (χ2n) is 1.80. The van der Waals surface area contributed by atoms with Gasteiger partial charge in [-0.15, -0.1) is 10.2 Å². The summed E-state index contributed by atoms with van der Waals surface area (Å²) in [5.41, 5.74) is 0. The first kappa shape index (κ1) is 11.2. The van der Waals surface area contributed by atoms with Crippen molar-refractivity contribution in [2.24, 2.45) is 7.05 Å². The normalized spacial score (nSPS) is 10.1. The second kappa shape index (κ2) is 4.96. The SMILES string of the molecule is C[n+]1cccnc1.[O-][Cl+3]([O-])([O-])[O-]. The summed E-state index contributed by atoms with van der Waals surface area (Å²) >= 11 is 0. The van der Waals surface area contributed by atoms with Crippen LogP contribution < -0.4 is 23.2 Å². The Morgan fingerprint density at radius 3 is 1.92 bits per heavy atom. The monoisotopic (exact) mass is 194 g/mol. The maximum absolute atomic E-state index is 8.49. The highest BCUT2D eigenvalue weighted by atomic mass is 35.7. The average Bonchev–Trinajstić information content (AvgIpc) is 1.85. The van der Waals surface area contributed by atoms with Crippen LogP contribution in [0, 0.1) is 10.2 Å². The summed E-state index contributed by atoms with van der Waals surface area (Å²) in [4.78, 5) is 3.85. The summed E-state index contributed by atoms with van der Waals surface area (Å²) in [6, 6.07) is 1.89. The first-order valence-electron chi connectivity index (χ1n) is 2.76. The van der Waals surface area contributed by atoms with Gasteiger partial charge in [-0.2, -0.15) is 0 Å². The maximum Gasteiger partial charge on any atom is 0.285 e. The molecule has 0 aliphatic heterocycles. The standard InChI is InChI=1S/C5H7N2.ClHO4/c1-7-4-2-3-6-5-7;2-1(3,4)5/h2-5H,1H3;(H,2,3,4,5)/q+1;/p-1. The van der Waals surface area contributed by atoms with E-state index in [9.17, 15) is 0 Å². The number of rotatable bonds is 0. The zero-order valence-corrected chi connectivity index (χ0v) is 6.97. The highest BCUT2D eigenvalue weighted by Crippen LogP contribution is 1.64. The molecule has 7 heteroatoms. The quantitative estimate of drug-likeness (QED) is 0.385. The van der Waals surface area contributed by atoms with Gasteiger partial charge in [0.2, 0.25) is 0 Å². The van der Waals surface area contributed by atoms with E-state index in [0.717, 1.165) is 0 Å². The fourth-order valence-corrected chi connectivity index (χ4v) is 0.406. The summed E-state index contributed by atoms with van der Waals surface area (Å²) in [5, 5.41) is 0. The molecule has 1 aromatic rings. The van der Waals surface area contributed by atoms with Crippen LogP contribution in [0.5, 0.6) is 0 Å². The lowest BCUT2D eigenvalue weighted by Crippen LogP contribution is -2.68. The molecule has 0 saturated heterocycles. The van der Waals surface area contributed by atoms with Crippen LogP contribution >= 0.6 is 0 Å². The summed E-state index contributed by atoms with van der Waals surface area (Å²) in [5.74, 6) is 0. The molecule has 0 aliphatic carbocycles. The minimum absolute atomic E-state index is 1.75. The van der Waals surface area contributed by atoms with Crippen LogP contribution in [-0.2, 0) is 7.05 Å². The van der Waals surface area contributed by atoms with Crippen molar-refractivity contribution in [2.75, 3.05) is 0 Å². The smallest absolute Gasteiger partial charge is 0.240 e. The fraction of sp³-hybridized carbons (Fsp3) is 0.200. The van der Waals surface area contributed by atoms with Gasteiger partial charge in [0.1, 0.15) is 6.20 Å². The molecule has 0 bridgehead atoms. The van der Waals surface area contributed by atoms with Crippen molar-refractivity contribution < 1.29 is 33.4 Å². The number of halogens is 1. The van der Waals surface area contributed by atoms with Crippen molar-refractivity contribution in [1.29, 1.82) is 0 Å². The predicted octanol–water partition coefficient (Wildman–Crippen LogP) is -4.85. The molecule has 6 nitrogen and oxygen atoms in total. The zero-order valence-electron chi connectivity index (χ0n) is 6.21. The van der Waals surface area contributed by atoms with Gasteiger partial charge in [-0.05, 0) is 0 Å². The van der Waals surface area contributed by atoms with Gasteiger partial charge in [-0.25, -0.2) is 23.2 Å². The lowest BCUT2D eigenvalue weighted by Gasteiger charge is -2.17. The fourth-order valence-electron chi connectivity index (χ4n) is 0.406. The van der Waals surface area contributed by atoms with Crippen LogP contribution in [0.1, 0.15) is 0 Å². The van der Waals surface area contributed by atoms with Crippen molar-refractivity contribution in [2.45, 2.75) is 0 Å². The molecule has 1 aromatic heterocycles. The molecule has 0 amide bonds. The van der Waals surface area contributed by atoms with E-state index in [0.29, 0.717) is 0 Å². The molecule has 1 rings (SSSR count). The molecule has 0 spiro atoms. The van der Waals surface area contributed by atoms with E-state index in [1.54, 1.807) is 12.5 Å². The molecule has 0 saturated carbocycles. The molecule has 0 unspecified atom stereocenters. The van der Waals surface area contributed by atoms with Crippen molar-refractivity contribution in [3.63, 3.8) is 0 Å². The number of hydrogen-bond donors (Lipinski definition) is 0. The van der Waals surface area contributed by atoms with Crippen molar-refractivity contribution in [3.05, 3.63) is 24.8 Å². The van der Waals surface area contributed by atoms with Gasteiger partial charge in [0.05, 0.1) is 13.2 Å². The van der Waals surface area contributed by atoms with E-state index in [2.05, 4.69) is 4.98 Å². The van der Waals surface area contributed by atoms with E-state index in [1.165, 1.54) is 0 Å². The van der Waals surface area contributed by atoms with Gasteiger partial charge in [0, 0.05) is 6.07 Å². The first-order chi connectivity index (χ1) is 5.39. The summed E-state index contributed by atoms with van der Waals surface area (Å²) in [7, 11) is -3.01. The van der Waals surface area contributed by atoms with Crippen LogP contribution in [0.4, 0.5) is 0 Å². The number of hydrogen-bond acceptors (Lipinski definition) is 5. The van der Waals surface area contributed by atoms with Gasteiger partial charge in [-0.3, -0.25) is 0 Å². The Kier molecular flexibility index (Phi) is 4.64. The molecule has 0 N–H and O–H groups in total. The third kappa shape index (κ3) is 11.9. The van der Waals surface area contributed by atoms with E-state index in [1.807, 2.05) is 23.9 Å². The zero-order chi connectivity index (χ0) is 9.61. The Bertz CT molecular complexity index is 206. The maximum atomic E-state index is 8.49. The summed E-state index contributed by atoms with van der Waals surface area (Å²) in [6.45, 7) is 0. The lowest BCUT2D eigenvalue weighted by molar-refractivity contribution is -2.00. The summed E-state index contributed by atoms with van der Waals surface area (Å²) in [6.07, 6.45) is 5.44. The molecule has 12 heavy (non-hydrogen) atoms.